The number of carbonyl (C=O) groups is 2. The van der Waals surface area contributed by atoms with Crippen molar-refractivity contribution >= 4 is 27.5 Å². The molecule has 236 valence electrons. The van der Waals surface area contributed by atoms with Gasteiger partial charge in [-0.05, 0) is 49.1 Å². The van der Waals surface area contributed by atoms with Crippen LogP contribution in [0, 0.1) is 6.92 Å². The van der Waals surface area contributed by atoms with E-state index < -0.39 is 40.3 Å². The number of halogens is 3. The van der Waals surface area contributed by atoms with Crippen molar-refractivity contribution in [1.82, 2.24) is 10.2 Å². The summed E-state index contributed by atoms with van der Waals surface area (Å²) < 4.78 is 66.9. The van der Waals surface area contributed by atoms with Crippen LogP contribution in [0.3, 0.4) is 0 Å². The van der Waals surface area contributed by atoms with Crippen molar-refractivity contribution in [3.05, 3.63) is 101 Å². The topological polar surface area (TPSA) is 86.8 Å². The normalized spacial score (nSPS) is 14.9. The van der Waals surface area contributed by atoms with Crippen LogP contribution < -0.4 is 9.62 Å². The molecule has 1 fully saturated rings. The van der Waals surface area contributed by atoms with Crippen molar-refractivity contribution in [2.75, 3.05) is 17.1 Å². The molecule has 7 nitrogen and oxygen atoms in total. The highest BCUT2D eigenvalue weighted by atomic mass is 32.2. The quantitative estimate of drug-likeness (QED) is 0.288. The molecule has 1 saturated carbocycles. The van der Waals surface area contributed by atoms with Crippen LogP contribution in [0.1, 0.15) is 54.4 Å². The Balaban J connectivity index is 1.73. The molecule has 11 heteroatoms. The van der Waals surface area contributed by atoms with Gasteiger partial charge in [0.15, 0.2) is 0 Å². The fourth-order valence-electron chi connectivity index (χ4n) is 5.44. The van der Waals surface area contributed by atoms with Gasteiger partial charge in [0.1, 0.15) is 12.6 Å². The predicted molar refractivity (Wildman–Crippen MR) is 164 cm³/mol. The van der Waals surface area contributed by atoms with Gasteiger partial charge in [0.05, 0.1) is 17.5 Å². The van der Waals surface area contributed by atoms with Gasteiger partial charge in [-0.15, -0.1) is 0 Å². The summed E-state index contributed by atoms with van der Waals surface area (Å²) in [5, 5.41) is 3.12. The number of anilines is 1. The molecule has 0 aromatic heterocycles. The highest BCUT2D eigenvalue weighted by Crippen LogP contribution is 2.32. The molecule has 1 aliphatic carbocycles. The Morgan fingerprint density at radius 3 is 2.18 bits per heavy atom. The lowest BCUT2D eigenvalue weighted by molar-refractivity contribution is -0.140. The highest BCUT2D eigenvalue weighted by Gasteiger charge is 2.35. The number of amides is 2. The number of hydrogen-bond acceptors (Lipinski definition) is 4. The van der Waals surface area contributed by atoms with Crippen molar-refractivity contribution in [3.8, 4) is 0 Å². The van der Waals surface area contributed by atoms with E-state index >= 15 is 0 Å². The molecule has 2 amide bonds. The lowest BCUT2D eigenvalue weighted by Gasteiger charge is -2.35. The van der Waals surface area contributed by atoms with Crippen LogP contribution in [0.15, 0.2) is 78.9 Å². The van der Waals surface area contributed by atoms with Gasteiger partial charge in [-0.1, -0.05) is 85.5 Å². The summed E-state index contributed by atoms with van der Waals surface area (Å²) in [5.74, 6) is -1.07. The summed E-state index contributed by atoms with van der Waals surface area (Å²) in [5.41, 5.74) is 1.18. The number of alkyl halides is 3. The van der Waals surface area contributed by atoms with Gasteiger partial charge < -0.3 is 10.2 Å². The van der Waals surface area contributed by atoms with Crippen LogP contribution >= 0.6 is 0 Å². The van der Waals surface area contributed by atoms with Gasteiger partial charge in [-0.2, -0.15) is 13.2 Å². The minimum absolute atomic E-state index is 0.00507. The molecule has 0 aliphatic heterocycles. The lowest BCUT2D eigenvalue weighted by Crippen LogP contribution is -2.55. The number of nitrogens with one attached hydrogen (secondary N) is 1. The molecule has 4 rings (SSSR count). The average Bonchev–Trinajstić information content (AvgIpc) is 2.98. The maximum atomic E-state index is 14.2. The fraction of sp³-hybridized carbons (Fsp3) is 0.394. The molecule has 0 unspecified atom stereocenters. The van der Waals surface area contributed by atoms with Crippen molar-refractivity contribution in [2.45, 2.75) is 70.3 Å². The standard InChI is InChI=1S/C33H38F3N3O4S/c1-24-16-18-26(19-17-24)22-38(30(20-25-10-5-3-6-11-25)32(41)37-28-13-7-4-8-14-28)31(40)23-39(44(2,42)43)29-15-9-12-27(21-29)33(34,35)36/h3,5-6,9-12,15-19,21,28,30H,4,7-8,13-14,20,22-23H2,1-2H3,(H,37,41)/t30-/m0/s1. The Morgan fingerprint density at radius 2 is 1.57 bits per heavy atom. The molecule has 0 heterocycles. The number of sulfonamides is 1. The van der Waals surface area contributed by atoms with E-state index in [4.69, 9.17) is 0 Å². The molecule has 1 aliphatic rings. The first kappa shape index (κ1) is 33.0. The van der Waals surface area contributed by atoms with E-state index in [9.17, 15) is 31.2 Å². The van der Waals surface area contributed by atoms with Crippen molar-refractivity contribution < 1.29 is 31.2 Å². The molecule has 1 atom stereocenters. The second-order valence-corrected chi connectivity index (χ2v) is 13.3. The number of nitrogens with zero attached hydrogens (tertiary/aromatic N) is 2. The maximum absolute atomic E-state index is 14.2. The van der Waals surface area contributed by atoms with Gasteiger partial charge in [-0.25, -0.2) is 8.42 Å². The fourth-order valence-corrected chi connectivity index (χ4v) is 6.28. The van der Waals surface area contributed by atoms with E-state index in [1.165, 1.54) is 11.0 Å². The number of hydrogen-bond donors (Lipinski definition) is 1. The summed E-state index contributed by atoms with van der Waals surface area (Å²) in [7, 11) is -4.20. The van der Waals surface area contributed by atoms with E-state index in [1.807, 2.05) is 61.5 Å². The van der Waals surface area contributed by atoms with E-state index in [2.05, 4.69) is 5.32 Å². The molecule has 0 bridgehead atoms. The first-order valence-electron chi connectivity index (χ1n) is 14.7. The van der Waals surface area contributed by atoms with E-state index in [1.54, 1.807) is 0 Å². The van der Waals surface area contributed by atoms with Crippen LogP contribution in [0.25, 0.3) is 0 Å². The third kappa shape index (κ3) is 9.07. The molecule has 3 aromatic carbocycles. The Labute approximate surface area is 257 Å². The lowest BCUT2D eigenvalue weighted by atomic mass is 9.94. The highest BCUT2D eigenvalue weighted by molar-refractivity contribution is 7.92. The van der Waals surface area contributed by atoms with Crippen molar-refractivity contribution in [3.63, 3.8) is 0 Å². The van der Waals surface area contributed by atoms with Crippen molar-refractivity contribution in [1.29, 1.82) is 0 Å². The zero-order valence-corrected chi connectivity index (χ0v) is 25.7. The summed E-state index contributed by atoms with van der Waals surface area (Å²) in [6.07, 6.45) is 1.01. The zero-order chi connectivity index (χ0) is 31.9. The SMILES string of the molecule is Cc1ccc(CN(C(=O)CN(c2cccc(C(F)(F)F)c2)S(C)(=O)=O)[C@@H](Cc2ccccc2)C(=O)NC2CCCCC2)cc1. The van der Waals surface area contributed by atoms with Gasteiger partial charge in [0, 0.05) is 19.0 Å². The Hall–Kier alpha value is -3.86. The summed E-state index contributed by atoms with van der Waals surface area (Å²) in [4.78, 5) is 29.5. The minimum atomic E-state index is -4.71. The number of benzene rings is 3. The monoisotopic (exact) mass is 629 g/mol. The molecule has 0 spiro atoms. The maximum Gasteiger partial charge on any atom is 0.416 e. The molecule has 0 saturated heterocycles. The second kappa shape index (κ2) is 14.3. The first-order valence-corrected chi connectivity index (χ1v) is 16.5. The Bertz CT molecular complexity index is 1520. The first-order chi connectivity index (χ1) is 20.8. The van der Waals surface area contributed by atoms with E-state index in [-0.39, 0.29) is 30.6 Å². The predicted octanol–water partition coefficient (Wildman–Crippen LogP) is 5.87. The van der Waals surface area contributed by atoms with Gasteiger partial charge in [0.25, 0.3) is 0 Å². The van der Waals surface area contributed by atoms with Gasteiger partial charge >= 0.3 is 6.18 Å². The van der Waals surface area contributed by atoms with Crippen molar-refractivity contribution in [2.24, 2.45) is 0 Å². The molecular formula is C33H38F3N3O4S. The average molecular weight is 630 g/mol. The zero-order valence-electron chi connectivity index (χ0n) is 24.9. The molecule has 0 radical (unpaired) electrons. The van der Waals surface area contributed by atoms with E-state index in [0.717, 1.165) is 67.2 Å². The largest absolute Gasteiger partial charge is 0.416 e. The number of carbonyl (C=O) groups excluding carboxylic acids is 2. The summed E-state index contributed by atoms with van der Waals surface area (Å²) in [6.45, 7) is 1.13. The van der Waals surface area contributed by atoms with Crippen LogP contribution in [0.2, 0.25) is 0 Å². The van der Waals surface area contributed by atoms with Crippen LogP contribution in [-0.4, -0.2) is 50.0 Å². The number of aryl methyl sites for hydroxylation is 1. The second-order valence-electron chi connectivity index (χ2n) is 11.4. The van der Waals surface area contributed by atoms with Gasteiger partial charge in [0.2, 0.25) is 21.8 Å². The molecule has 1 N–H and O–H groups in total. The molecule has 44 heavy (non-hydrogen) atoms. The molecular weight excluding hydrogens is 591 g/mol. The third-order valence-electron chi connectivity index (χ3n) is 7.84. The Morgan fingerprint density at radius 1 is 0.909 bits per heavy atom. The summed E-state index contributed by atoms with van der Waals surface area (Å²) in [6, 6.07) is 19.4. The Kier molecular flexibility index (Phi) is 10.7. The van der Waals surface area contributed by atoms with Gasteiger partial charge in [-0.3, -0.25) is 13.9 Å². The van der Waals surface area contributed by atoms with E-state index in [0.29, 0.717) is 10.4 Å². The van der Waals surface area contributed by atoms with Crippen LogP contribution in [0.4, 0.5) is 18.9 Å². The third-order valence-corrected chi connectivity index (χ3v) is 8.98. The minimum Gasteiger partial charge on any atom is -0.352 e. The van der Waals surface area contributed by atoms with Crippen LogP contribution in [0.5, 0.6) is 0 Å². The number of rotatable bonds is 11. The van der Waals surface area contributed by atoms with Crippen LogP contribution in [-0.2, 0) is 38.8 Å². The summed E-state index contributed by atoms with van der Waals surface area (Å²) >= 11 is 0. The smallest absolute Gasteiger partial charge is 0.352 e. The molecule has 3 aromatic rings.